The molecule has 0 amide bonds. The van der Waals surface area contributed by atoms with E-state index in [1.807, 2.05) is 0 Å². The molecule has 19 heavy (non-hydrogen) atoms. The third-order valence-electron chi connectivity index (χ3n) is 2.79. The van der Waals surface area contributed by atoms with E-state index in [2.05, 4.69) is 0 Å². The molecule has 7 N–H and O–H groups in total. The molecule has 8 heteroatoms. The number of hydrogen-bond acceptors (Lipinski definition) is 7. The van der Waals surface area contributed by atoms with Crippen LogP contribution in [0.2, 0.25) is 0 Å². The maximum absolute atomic E-state index is 9.80. The van der Waals surface area contributed by atoms with Crippen LogP contribution in [0.3, 0.4) is 0 Å². The van der Waals surface area contributed by atoms with E-state index in [4.69, 9.17) is 20.1 Å². The quantitative estimate of drug-likeness (QED) is 0.296. The number of hydrogen-bond donors (Lipinski definition) is 7. The molecule has 0 saturated heterocycles. The topological polar surface area (TPSA) is 159 Å². The fourth-order valence-corrected chi connectivity index (χ4v) is 1.07. The maximum Gasteiger partial charge on any atom is 0.300 e. The number of aliphatic hydroxyl groups excluding tert-OH is 4. The molecule has 0 aliphatic carbocycles. The van der Waals surface area contributed by atoms with Crippen molar-refractivity contribution >= 4 is 5.97 Å². The molecule has 0 aliphatic rings. The molecular weight excluding hydrogens is 260 g/mol. The largest absolute Gasteiger partial charge is 0.481 e. The molecule has 0 spiro atoms. The SMILES string of the molecule is CC(=O)O.CC(O)C(O)C(O)C(C)(O)C(C)(O)CO. The van der Waals surface area contributed by atoms with Gasteiger partial charge in [0.05, 0.1) is 12.7 Å². The molecule has 0 heterocycles. The van der Waals surface area contributed by atoms with Gasteiger partial charge in [0.25, 0.3) is 5.97 Å². The van der Waals surface area contributed by atoms with Gasteiger partial charge in [-0.2, -0.15) is 0 Å². The Morgan fingerprint density at radius 2 is 1.47 bits per heavy atom. The number of carboxylic acids is 1. The van der Waals surface area contributed by atoms with E-state index in [1.54, 1.807) is 0 Å². The minimum absolute atomic E-state index is 0.788. The van der Waals surface area contributed by atoms with Gasteiger partial charge in [-0.1, -0.05) is 0 Å². The Morgan fingerprint density at radius 3 is 1.68 bits per heavy atom. The number of carboxylic acid groups (broad SMARTS) is 1. The Morgan fingerprint density at radius 1 is 1.16 bits per heavy atom. The molecule has 0 aromatic rings. The van der Waals surface area contributed by atoms with Crippen molar-refractivity contribution in [1.29, 1.82) is 0 Å². The predicted molar refractivity (Wildman–Crippen MR) is 65.3 cm³/mol. The van der Waals surface area contributed by atoms with Crippen molar-refractivity contribution in [2.75, 3.05) is 6.61 Å². The van der Waals surface area contributed by atoms with Crippen LogP contribution in [0.5, 0.6) is 0 Å². The maximum atomic E-state index is 9.80. The fourth-order valence-electron chi connectivity index (χ4n) is 1.07. The summed E-state index contributed by atoms with van der Waals surface area (Å²) >= 11 is 0. The van der Waals surface area contributed by atoms with Gasteiger partial charge in [-0.25, -0.2) is 0 Å². The summed E-state index contributed by atoms with van der Waals surface area (Å²) in [4.78, 5) is 9.00. The van der Waals surface area contributed by atoms with Crippen LogP contribution in [0.15, 0.2) is 0 Å². The molecular formula is C11H24O8. The Hall–Kier alpha value is -0.770. The van der Waals surface area contributed by atoms with Crippen LogP contribution >= 0.6 is 0 Å². The van der Waals surface area contributed by atoms with Gasteiger partial charge in [0.15, 0.2) is 0 Å². The molecule has 0 radical (unpaired) electrons. The minimum Gasteiger partial charge on any atom is -0.481 e. The molecule has 0 bridgehead atoms. The zero-order valence-electron chi connectivity index (χ0n) is 11.5. The van der Waals surface area contributed by atoms with Gasteiger partial charge >= 0.3 is 0 Å². The summed E-state index contributed by atoms with van der Waals surface area (Å²) in [6.45, 7) is 3.71. The summed E-state index contributed by atoms with van der Waals surface area (Å²) in [5.74, 6) is -0.833. The molecule has 0 aliphatic heterocycles. The zero-order chi connectivity index (χ0) is 16.0. The second kappa shape index (κ2) is 7.73. The van der Waals surface area contributed by atoms with Gasteiger partial charge in [-0.05, 0) is 20.8 Å². The Balaban J connectivity index is 0. The van der Waals surface area contributed by atoms with Crippen molar-refractivity contribution in [2.24, 2.45) is 0 Å². The monoisotopic (exact) mass is 284 g/mol. The lowest BCUT2D eigenvalue weighted by Gasteiger charge is -2.42. The molecule has 0 rings (SSSR count). The van der Waals surface area contributed by atoms with Crippen LogP contribution in [0.1, 0.15) is 27.7 Å². The summed E-state index contributed by atoms with van der Waals surface area (Å²) in [6, 6.07) is 0. The summed E-state index contributed by atoms with van der Waals surface area (Å²) in [7, 11) is 0. The first-order chi connectivity index (χ1) is 8.31. The lowest BCUT2D eigenvalue weighted by molar-refractivity contribution is -0.227. The highest BCUT2D eigenvalue weighted by atomic mass is 16.4. The average molecular weight is 284 g/mol. The molecule has 5 unspecified atom stereocenters. The van der Waals surface area contributed by atoms with E-state index >= 15 is 0 Å². The van der Waals surface area contributed by atoms with E-state index < -0.39 is 42.1 Å². The van der Waals surface area contributed by atoms with Crippen LogP contribution < -0.4 is 0 Å². The summed E-state index contributed by atoms with van der Waals surface area (Å²) in [6.07, 6.45) is -4.65. The van der Waals surface area contributed by atoms with E-state index in [1.165, 1.54) is 6.92 Å². The Kier molecular flexibility index (Phi) is 8.36. The van der Waals surface area contributed by atoms with Gasteiger partial charge < -0.3 is 35.7 Å². The van der Waals surface area contributed by atoms with Gasteiger partial charge in [0.2, 0.25) is 0 Å². The van der Waals surface area contributed by atoms with Gasteiger partial charge in [0.1, 0.15) is 23.4 Å². The molecule has 5 atom stereocenters. The van der Waals surface area contributed by atoms with E-state index in [0.717, 1.165) is 20.8 Å². The summed E-state index contributed by atoms with van der Waals surface area (Å²) in [5.41, 5.74) is -4.12. The van der Waals surface area contributed by atoms with Crippen molar-refractivity contribution in [3.8, 4) is 0 Å². The van der Waals surface area contributed by atoms with Gasteiger partial charge in [-0.3, -0.25) is 4.79 Å². The van der Waals surface area contributed by atoms with E-state index in [9.17, 15) is 20.4 Å². The van der Waals surface area contributed by atoms with Crippen LogP contribution in [0.4, 0.5) is 0 Å². The first kappa shape index (κ1) is 20.5. The number of carbonyl (C=O) groups is 1. The minimum atomic E-state index is -2.14. The van der Waals surface area contributed by atoms with Crippen molar-refractivity contribution in [1.82, 2.24) is 0 Å². The van der Waals surface area contributed by atoms with E-state index in [-0.39, 0.29) is 0 Å². The highest BCUT2D eigenvalue weighted by Gasteiger charge is 2.50. The first-order valence-corrected chi connectivity index (χ1v) is 5.60. The third kappa shape index (κ3) is 6.28. The highest BCUT2D eigenvalue weighted by Crippen LogP contribution is 2.27. The van der Waals surface area contributed by atoms with Gasteiger partial charge in [0, 0.05) is 6.92 Å². The lowest BCUT2D eigenvalue weighted by Crippen LogP contribution is -2.64. The lowest BCUT2D eigenvalue weighted by atomic mass is 9.79. The number of aliphatic carboxylic acids is 1. The molecule has 0 fully saturated rings. The second-order valence-electron chi connectivity index (χ2n) is 4.77. The van der Waals surface area contributed by atoms with Crippen molar-refractivity contribution < 1.29 is 40.5 Å². The highest BCUT2D eigenvalue weighted by molar-refractivity contribution is 5.62. The fraction of sp³-hybridized carbons (Fsp3) is 0.909. The second-order valence-corrected chi connectivity index (χ2v) is 4.77. The third-order valence-corrected chi connectivity index (χ3v) is 2.79. The first-order valence-electron chi connectivity index (χ1n) is 5.60. The van der Waals surface area contributed by atoms with Crippen molar-refractivity contribution in [2.45, 2.75) is 57.2 Å². The molecule has 0 saturated carbocycles. The van der Waals surface area contributed by atoms with E-state index in [0.29, 0.717) is 0 Å². The Bertz CT molecular complexity index is 270. The molecule has 0 aromatic heterocycles. The predicted octanol–water partition coefficient (Wildman–Crippen LogP) is -2.33. The van der Waals surface area contributed by atoms with Crippen LogP contribution in [-0.2, 0) is 4.79 Å². The summed E-state index contributed by atoms with van der Waals surface area (Å²) in [5, 5.41) is 63.6. The Labute approximate surface area is 111 Å². The summed E-state index contributed by atoms with van der Waals surface area (Å²) < 4.78 is 0. The molecule has 8 nitrogen and oxygen atoms in total. The zero-order valence-corrected chi connectivity index (χ0v) is 11.5. The van der Waals surface area contributed by atoms with Crippen LogP contribution in [0.25, 0.3) is 0 Å². The average Bonchev–Trinajstić information content (AvgIpc) is 2.25. The molecule has 0 aromatic carbocycles. The van der Waals surface area contributed by atoms with Crippen LogP contribution in [-0.4, -0.2) is 77.8 Å². The number of aliphatic hydroxyl groups is 6. The van der Waals surface area contributed by atoms with Gasteiger partial charge in [-0.15, -0.1) is 0 Å². The van der Waals surface area contributed by atoms with Crippen LogP contribution in [0, 0.1) is 0 Å². The smallest absolute Gasteiger partial charge is 0.300 e. The molecule has 116 valence electrons. The standard InChI is InChI=1S/C9H20O6.C2H4O2/c1-5(11)6(12)7(13)9(3,15)8(2,14)4-10;1-2(3)4/h5-7,10-15H,4H2,1-3H3;1H3,(H,3,4). The normalized spacial score (nSPS) is 22.0. The van der Waals surface area contributed by atoms with Crippen molar-refractivity contribution in [3.63, 3.8) is 0 Å². The van der Waals surface area contributed by atoms with Crippen molar-refractivity contribution in [3.05, 3.63) is 0 Å². The number of rotatable bonds is 5.